The molecule has 1 atom stereocenters. The van der Waals surface area contributed by atoms with Gasteiger partial charge in [0.05, 0.1) is 22.9 Å². The van der Waals surface area contributed by atoms with Crippen molar-refractivity contribution in [3.8, 4) is 0 Å². The van der Waals surface area contributed by atoms with Crippen molar-refractivity contribution < 1.29 is 58.2 Å². The van der Waals surface area contributed by atoms with Crippen LogP contribution >= 0.6 is 0 Å². The van der Waals surface area contributed by atoms with Gasteiger partial charge in [-0.15, -0.1) is 0 Å². The van der Waals surface area contributed by atoms with Gasteiger partial charge >= 0.3 is 24.1 Å². The zero-order valence-corrected chi connectivity index (χ0v) is 19.7. The van der Waals surface area contributed by atoms with Gasteiger partial charge in [-0.3, -0.25) is 9.78 Å². The van der Waals surface area contributed by atoms with Gasteiger partial charge in [0.2, 0.25) is 0 Å². The Morgan fingerprint density at radius 2 is 1.35 bits per heavy atom. The lowest BCUT2D eigenvalue weighted by molar-refractivity contribution is -0.350. The summed E-state index contributed by atoms with van der Waals surface area (Å²) in [4.78, 5) is 16.1. The molecule has 0 aliphatic rings. The van der Waals surface area contributed by atoms with Crippen LogP contribution in [0, 0.1) is 11.6 Å². The van der Waals surface area contributed by atoms with Crippen LogP contribution in [0.5, 0.6) is 0 Å². The number of amides is 1. The Morgan fingerprint density at radius 3 is 1.85 bits per heavy atom. The fourth-order valence-corrected chi connectivity index (χ4v) is 4.01. The minimum atomic E-state index is -6.56. The molecule has 3 aromatic rings. The van der Waals surface area contributed by atoms with Crippen LogP contribution in [0.1, 0.15) is 22.4 Å². The summed E-state index contributed by atoms with van der Waals surface area (Å²) in [6.07, 6.45) is -18.3. The number of rotatable bonds is 7. The maximum atomic E-state index is 14.5. The molecule has 15 heteroatoms. The van der Waals surface area contributed by atoms with Crippen molar-refractivity contribution in [1.29, 1.82) is 0 Å². The molecule has 4 nitrogen and oxygen atoms in total. The smallest absolute Gasteiger partial charge is 0.366 e. The molecular weight excluding hydrogens is 569 g/mol. The van der Waals surface area contributed by atoms with E-state index in [-0.39, 0.29) is 11.6 Å². The Morgan fingerprint density at radius 1 is 0.775 bits per heavy atom. The van der Waals surface area contributed by atoms with Gasteiger partial charge in [-0.2, -0.15) is 39.5 Å². The molecule has 1 aromatic heterocycles. The van der Waals surface area contributed by atoms with Crippen LogP contribution < -0.4 is 5.32 Å². The average Bonchev–Trinajstić information content (AvgIpc) is 2.84. The molecule has 3 rings (SSSR count). The highest BCUT2D eigenvalue weighted by Gasteiger charge is 2.75. The number of nitrogens with zero attached hydrogens (tertiary/aromatic N) is 1. The Kier molecular flexibility index (Phi) is 8.21. The summed E-state index contributed by atoms with van der Waals surface area (Å²) in [5.41, 5.74) is -10.7. The van der Waals surface area contributed by atoms with E-state index in [1.165, 1.54) is 35.6 Å². The second kappa shape index (κ2) is 10.7. The molecule has 2 aromatic carbocycles. The van der Waals surface area contributed by atoms with E-state index < -0.39 is 76.9 Å². The van der Waals surface area contributed by atoms with E-state index >= 15 is 0 Å². The number of hydrogen-bond acceptors (Lipinski definition) is 3. The van der Waals surface area contributed by atoms with Crippen molar-refractivity contribution >= 4 is 5.91 Å². The van der Waals surface area contributed by atoms with E-state index in [1.807, 2.05) is 0 Å². The molecule has 1 amide bonds. The Balaban J connectivity index is 2.29. The number of aromatic nitrogens is 1. The number of halogens is 11. The third kappa shape index (κ3) is 6.03. The third-order valence-corrected chi connectivity index (χ3v) is 6.04. The number of aliphatic hydroxyl groups is 1. The molecule has 40 heavy (non-hydrogen) atoms. The highest BCUT2D eigenvalue weighted by atomic mass is 19.4. The predicted molar refractivity (Wildman–Crippen MR) is 117 cm³/mol. The maximum Gasteiger partial charge on any atom is 0.435 e. The van der Waals surface area contributed by atoms with Crippen molar-refractivity contribution in [3.05, 3.63) is 101 Å². The lowest BCUT2D eigenvalue weighted by atomic mass is 9.72. The highest BCUT2D eigenvalue weighted by molar-refractivity contribution is 5.87. The van der Waals surface area contributed by atoms with Crippen LogP contribution in [-0.4, -0.2) is 40.5 Å². The van der Waals surface area contributed by atoms with Crippen LogP contribution in [0.3, 0.4) is 0 Å². The molecule has 0 aliphatic carbocycles. The van der Waals surface area contributed by atoms with E-state index in [1.54, 1.807) is 0 Å². The van der Waals surface area contributed by atoms with Crippen molar-refractivity contribution in [2.45, 2.75) is 36.0 Å². The zero-order valence-electron chi connectivity index (χ0n) is 19.7. The number of carbonyl (C=O) groups is 1. The molecule has 1 heterocycles. The second-order valence-corrected chi connectivity index (χ2v) is 8.72. The monoisotopic (exact) mass is 586 g/mol. The van der Waals surface area contributed by atoms with Crippen LogP contribution in [0.2, 0.25) is 0 Å². The first-order chi connectivity index (χ1) is 18.3. The van der Waals surface area contributed by atoms with Gasteiger partial charge in [0.1, 0.15) is 11.6 Å². The Hall–Kier alpha value is -3.75. The number of hydrogen-bond donors (Lipinski definition) is 2. The fraction of sp³-hybridized carbons (Fsp3) is 0.280. The predicted octanol–water partition coefficient (Wildman–Crippen LogP) is 5.88. The lowest BCUT2D eigenvalue weighted by Crippen LogP contribution is -2.66. The summed E-state index contributed by atoms with van der Waals surface area (Å²) < 4.78 is 149. The lowest BCUT2D eigenvalue weighted by Gasteiger charge is -2.37. The van der Waals surface area contributed by atoms with Gasteiger partial charge < -0.3 is 10.4 Å². The summed E-state index contributed by atoms with van der Waals surface area (Å²) in [5, 5.41) is 10.8. The van der Waals surface area contributed by atoms with Gasteiger partial charge in [0.25, 0.3) is 5.91 Å². The van der Waals surface area contributed by atoms with Crippen molar-refractivity contribution in [3.63, 3.8) is 0 Å². The summed E-state index contributed by atoms with van der Waals surface area (Å²) in [7, 11) is 0. The van der Waals surface area contributed by atoms with Gasteiger partial charge in [-0.25, -0.2) is 8.78 Å². The molecular formula is C25H17F11N2O2. The van der Waals surface area contributed by atoms with Crippen molar-refractivity contribution in [2.24, 2.45) is 0 Å². The van der Waals surface area contributed by atoms with Gasteiger partial charge in [-0.1, -0.05) is 30.3 Å². The second-order valence-electron chi connectivity index (χ2n) is 8.72. The number of benzene rings is 2. The highest BCUT2D eigenvalue weighted by Crippen LogP contribution is 2.44. The molecule has 0 bridgehead atoms. The van der Waals surface area contributed by atoms with Gasteiger partial charge in [0, 0.05) is 6.54 Å². The number of alkyl halides is 9. The number of pyridine rings is 1. The fourth-order valence-electron chi connectivity index (χ4n) is 4.01. The van der Waals surface area contributed by atoms with Gasteiger partial charge in [-0.05, 0) is 47.9 Å². The van der Waals surface area contributed by atoms with Crippen LogP contribution in [-0.2, 0) is 22.8 Å². The summed E-state index contributed by atoms with van der Waals surface area (Å²) >= 11 is 0. The molecule has 216 valence electrons. The summed E-state index contributed by atoms with van der Waals surface area (Å²) in [5.74, 6) is -5.46. The zero-order chi connectivity index (χ0) is 30.1. The van der Waals surface area contributed by atoms with Crippen LogP contribution in [0.25, 0.3) is 0 Å². The first kappa shape index (κ1) is 30.8. The molecule has 2 N–H and O–H groups in total. The largest absolute Gasteiger partial charge is 0.435 e. The summed E-state index contributed by atoms with van der Waals surface area (Å²) in [6.45, 7) is -1.37. The Bertz CT molecular complexity index is 1320. The number of carbonyl (C=O) groups excluding carboxylic acids is 1. The van der Waals surface area contributed by atoms with Crippen molar-refractivity contribution in [2.75, 3.05) is 6.54 Å². The van der Waals surface area contributed by atoms with E-state index in [0.29, 0.717) is 18.3 Å². The molecule has 1 unspecified atom stereocenters. The van der Waals surface area contributed by atoms with E-state index in [2.05, 4.69) is 4.98 Å². The van der Waals surface area contributed by atoms with E-state index in [9.17, 15) is 58.2 Å². The minimum Gasteiger partial charge on any atom is -0.366 e. The maximum absolute atomic E-state index is 14.5. The molecule has 0 radical (unpaired) electrons. The van der Waals surface area contributed by atoms with E-state index in [4.69, 9.17) is 0 Å². The van der Waals surface area contributed by atoms with Crippen LogP contribution in [0.15, 0.2) is 66.9 Å². The summed E-state index contributed by atoms with van der Waals surface area (Å²) in [6, 6.07) is 9.76. The Labute approximate surface area is 218 Å². The molecule has 0 saturated carbocycles. The standard InChI is InChI=1S/C25H17F11N2O2/c26-17-6-7-19(37-12-17)21(11-14-4-2-1-3-5-14,15-8-16(23(28,29)30)10-18(27)9-15)13-38-20(39)22(40,24(31,32)33)25(34,35)36/h1-10,12,40H,11,13H2,(H,38,39). The normalized spacial score (nSPS) is 14.5. The van der Waals surface area contributed by atoms with Crippen LogP contribution in [0.4, 0.5) is 48.3 Å². The molecule has 0 aliphatic heterocycles. The topological polar surface area (TPSA) is 62.2 Å². The van der Waals surface area contributed by atoms with E-state index in [0.717, 1.165) is 12.1 Å². The first-order valence-corrected chi connectivity index (χ1v) is 11.0. The SMILES string of the molecule is O=C(NCC(Cc1ccccc1)(c1cc(F)cc(C(F)(F)F)c1)c1ccc(F)cn1)C(O)(C(F)(F)F)C(F)(F)F. The molecule has 0 saturated heterocycles. The minimum absolute atomic E-state index is 0.0967. The average molecular weight is 586 g/mol. The van der Waals surface area contributed by atoms with Crippen molar-refractivity contribution in [1.82, 2.24) is 10.3 Å². The van der Waals surface area contributed by atoms with Gasteiger partial charge in [0.15, 0.2) is 0 Å². The quantitative estimate of drug-likeness (QED) is 0.340. The molecule has 0 fully saturated rings. The number of nitrogens with one attached hydrogen (secondary N) is 1. The first-order valence-electron chi connectivity index (χ1n) is 11.0. The molecule has 0 spiro atoms. The third-order valence-electron chi connectivity index (χ3n) is 6.04.